The molecule has 0 saturated heterocycles. The molecule has 4 nitrogen and oxygen atoms in total. The molecule has 0 aromatic carbocycles. The van der Waals surface area contributed by atoms with E-state index in [2.05, 4.69) is 0 Å². The van der Waals surface area contributed by atoms with Gasteiger partial charge in [-0.3, -0.25) is 4.79 Å². The predicted octanol–water partition coefficient (Wildman–Crippen LogP) is 3.40. The standard InChI is InChI=1S/C13H26O4/c1-8-9-13(7,12(5,6)10(14)15)17-16-11(2,3)4/h8-9H2,1-7H3,(H,14,15). The highest BCUT2D eigenvalue weighted by atomic mass is 17.2. The predicted molar refractivity (Wildman–Crippen MR) is 66.7 cm³/mol. The largest absolute Gasteiger partial charge is 0.481 e. The number of rotatable bonds is 6. The van der Waals surface area contributed by atoms with E-state index in [0.29, 0.717) is 6.42 Å². The maximum Gasteiger partial charge on any atom is 0.312 e. The van der Waals surface area contributed by atoms with Crippen LogP contribution in [0.3, 0.4) is 0 Å². The van der Waals surface area contributed by atoms with E-state index in [1.807, 2.05) is 27.7 Å². The van der Waals surface area contributed by atoms with Gasteiger partial charge in [0.05, 0.1) is 11.0 Å². The summed E-state index contributed by atoms with van der Waals surface area (Å²) in [6, 6.07) is 0. The number of aliphatic carboxylic acids is 1. The average Bonchev–Trinajstić information content (AvgIpc) is 2.13. The molecule has 0 aromatic heterocycles. The Hall–Kier alpha value is -0.610. The molecule has 0 aliphatic rings. The van der Waals surface area contributed by atoms with Crippen LogP contribution in [0.4, 0.5) is 0 Å². The highest BCUT2D eigenvalue weighted by Crippen LogP contribution is 2.39. The Morgan fingerprint density at radius 2 is 1.53 bits per heavy atom. The van der Waals surface area contributed by atoms with Crippen LogP contribution in [0.15, 0.2) is 0 Å². The van der Waals surface area contributed by atoms with Crippen molar-refractivity contribution in [1.29, 1.82) is 0 Å². The van der Waals surface area contributed by atoms with Gasteiger partial charge in [-0.25, -0.2) is 9.78 Å². The van der Waals surface area contributed by atoms with Gasteiger partial charge in [0.25, 0.3) is 0 Å². The summed E-state index contributed by atoms with van der Waals surface area (Å²) >= 11 is 0. The van der Waals surface area contributed by atoms with Crippen LogP contribution in [0.25, 0.3) is 0 Å². The van der Waals surface area contributed by atoms with Gasteiger partial charge in [0, 0.05) is 0 Å². The van der Waals surface area contributed by atoms with E-state index < -0.39 is 22.6 Å². The molecule has 1 atom stereocenters. The summed E-state index contributed by atoms with van der Waals surface area (Å²) in [6.45, 7) is 12.7. The molecular formula is C13H26O4. The zero-order chi connectivity index (χ0) is 13.9. The highest BCUT2D eigenvalue weighted by molar-refractivity contribution is 5.75. The van der Waals surface area contributed by atoms with Crippen molar-refractivity contribution in [2.75, 3.05) is 0 Å². The Bertz CT molecular complexity index is 265. The Morgan fingerprint density at radius 3 is 1.82 bits per heavy atom. The number of carbonyl (C=O) groups is 1. The fourth-order valence-corrected chi connectivity index (χ4v) is 1.38. The average molecular weight is 246 g/mol. The number of hydrogen-bond donors (Lipinski definition) is 1. The lowest BCUT2D eigenvalue weighted by Gasteiger charge is -2.40. The lowest BCUT2D eigenvalue weighted by atomic mass is 9.73. The summed E-state index contributed by atoms with van der Waals surface area (Å²) < 4.78 is 0. The van der Waals surface area contributed by atoms with Crippen molar-refractivity contribution in [3.8, 4) is 0 Å². The van der Waals surface area contributed by atoms with E-state index in [1.165, 1.54) is 0 Å². The van der Waals surface area contributed by atoms with Crippen molar-refractivity contribution in [3.05, 3.63) is 0 Å². The first-order valence-corrected chi connectivity index (χ1v) is 6.06. The maximum atomic E-state index is 11.3. The van der Waals surface area contributed by atoms with Gasteiger partial charge < -0.3 is 5.11 Å². The van der Waals surface area contributed by atoms with Crippen molar-refractivity contribution in [3.63, 3.8) is 0 Å². The lowest BCUT2D eigenvalue weighted by molar-refractivity contribution is -0.417. The summed E-state index contributed by atoms with van der Waals surface area (Å²) in [6.07, 6.45) is 1.46. The van der Waals surface area contributed by atoms with Crippen LogP contribution < -0.4 is 0 Å². The second-order valence-corrected chi connectivity index (χ2v) is 6.19. The molecule has 17 heavy (non-hydrogen) atoms. The van der Waals surface area contributed by atoms with Crippen molar-refractivity contribution < 1.29 is 19.7 Å². The second-order valence-electron chi connectivity index (χ2n) is 6.19. The minimum Gasteiger partial charge on any atom is -0.481 e. The van der Waals surface area contributed by atoms with Crippen LogP contribution in [-0.2, 0) is 14.6 Å². The van der Waals surface area contributed by atoms with Crippen LogP contribution in [0.5, 0.6) is 0 Å². The molecule has 0 amide bonds. The van der Waals surface area contributed by atoms with Gasteiger partial charge in [-0.1, -0.05) is 13.3 Å². The first kappa shape index (κ1) is 16.4. The fourth-order valence-electron chi connectivity index (χ4n) is 1.38. The fraction of sp³-hybridized carbons (Fsp3) is 0.923. The van der Waals surface area contributed by atoms with E-state index >= 15 is 0 Å². The van der Waals surface area contributed by atoms with Crippen LogP contribution in [0.2, 0.25) is 0 Å². The maximum absolute atomic E-state index is 11.3. The van der Waals surface area contributed by atoms with Gasteiger partial charge in [0.15, 0.2) is 0 Å². The van der Waals surface area contributed by atoms with E-state index in [4.69, 9.17) is 9.78 Å². The highest BCUT2D eigenvalue weighted by Gasteiger charge is 2.49. The van der Waals surface area contributed by atoms with Gasteiger partial charge in [0.2, 0.25) is 0 Å². The minimum absolute atomic E-state index is 0.455. The van der Waals surface area contributed by atoms with Crippen LogP contribution >= 0.6 is 0 Å². The van der Waals surface area contributed by atoms with Crippen LogP contribution in [0, 0.1) is 5.41 Å². The van der Waals surface area contributed by atoms with Gasteiger partial charge in [-0.2, -0.15) is 0 Å². The summed E-state index contributed by atoms with van der Waals surface area (Å²) in [5.41, 5.74) is -2.31. The second kappa shape index (κ2) is 5.36. The molecule has 0 aromatic rings. The molecule has 0 fully saturated rings. The van der Waals surface area contributed by atoms with Crippen LogP contribution in [0.1, 0.15) is 61.3 Å². The Labute approximate surface area is 104 Å². The monoisotopic (exact) mass is 246 g/mol. The SMILES string of the molecule is CCCC(C)(OOC(C)(C)C)C(C)(C)C(=O)O. The molecule has 4 heteroatoms. The van der Waals surface area contributed by atoms with E-state index in [1.54, 1.807) is 20.8 Å². The summed E-state index contributed by atoms with van der Waals surface area (Å²) in [5, 5.41) is 9.30. The van der Waals surface area contributed by atoms with Gasteiger partial charge in [-0.05, 0) is 48.0 Å². The Morgan fingerprint density at radius 1 is 1.06 bits per heavy atom. The van der Waals surface area contributed by atoms with Gasteiger partial charge in [0.1, 0.15) is 5.60 Å². The molecule has 1 unspecified atom stereocenters. The van der Waals surface area contributed by atoms with Gasteiger partial charge >= 0.3 is 5.97 Å². The topological polar surface area (TPSA) is 55.8 Å². The third-order valence-corrected chi connectivity index (χ3v) is 3.06. The zero-order valence-electron chi connectivity index (χ0n) is 12.1. The summed E-state index contributed by atoms with van der Waals surface area (Å²) in [4.78, 5) is 22.1. The van der Waals surface area contributed by atoms with Gasteiger partial charge in [-0.15, -0.1) is 0 Å². The normalized spacial score (nSPS) is 16.6. The van der Waals surface area contributed by atoms with E-state index in [9.17, 15) is 9.90 Å². The molecule has 0 saturated carbocycles. The number of carboxylic acids is 1. The molecule has 0 rings (SSSR count). The Balaban J connectivity index is 4.97. The molecule has 102 valence electrons. The first-order valence-electron chi connectivity index (χ1n) is 6.06. The number of hydrogen-bond acceptors (Lipinski definition) is 3. The van der Waals surface area contributed by atoms with Crippen molar-refractivity contribution in [2.45, 2.75) is 72.5 Å². The Kier molecular flexibility index (Phi) is 5.16. The molecule has 0 bridgehead atoms. The lowest BCUT2D eigenvalue weighted by Crippen LogP contribution is -2.50. The summed E-state index contributed by atoms with van der Waals surface area (Å²) in [5.74, 6) is -0.883. The quantitative estimate of drug-likeness (QED) is 0.576. The molecule has 0 radical (unpaired) electrons. The van der Waals surface area contributed by atoms with E-state index in [0.717, 1.165) is 6.42 Å². The smallest absolute Gasteiger partial charge is 0.312 e. The third-order valence-electron chi connectivity index (χ3n) is 3.06. The van der Waals surface area contributed by atoms with E-state index in [-0.39, 0.29) is 0 Å². The minimum atomic E-state index is -1.01. The van der Waals surface area contributed by atoms with Crippen molar-refractivity contribution >= 4 is 5.97 Å². The molecule has 0 heterocycles. The molecular weight excluding hydrogens is 220 g/mol. The third kappa shape index (κ3) is 4.28. The first-order chi connectivity index (χ1) is 7.46. The molecule has 0 aliphatic carbocycles. The number of carboxylic acid groups (broad SMARTS) is 1. The molecule has 0 aliphatic heterocycles. The van der Waals surface area contributed by atoms with Crippen molar-refractivity contribution in [1.82, 2.24) is 0 Å². The molecule has 0 spiro atoms. The zero-order valence-corrected chi connectivity index (χ0v) is 12.1. The molecule has 1 N–H and O–H groups in total. The van der Waals surface area contributed by atoms with Crippen molar-refractivity contribution in [2.24, 2.45) is 5.41 Å². The summed E-state index contributed by atoms with van der Waals surface area (Å²) in [7, 11) is 0. The van der Waals surface area contributed by atoms with Crippen LogP contribution in [-0.4, -0.2) is 22.3 Å².